The van der Waals surface area contributed by atoms with Crippen molar-refractivity contribution in [2.45, 2.75) is 37.5 Å². The van der Waals surface area contributed by atoms with Gasteiger partial charge in [-0.2, -0.15) is 0 Å². The largest absolute Gasteiger partial charge is 0.317 e. The van der Waals surface area contributed by atoms with E-state index in [1.54, 1.807) is 46.1 Å². The van der Waals surface area contributed by atoms with Gasteiger partial charge < -0.3 is 19.4 Å². The Morgan fingerprint density at radius 1 is 0.610 bits per heavy atom. The summed E-state index contributed by atoms with van der Waals surface area (Å²) in [6.45, 7) is 4.24. The molecule has 0 radical (unpaired) electrons. The number of nitrogens with zero attached hydrogens (tertiary/aromatic N) is 5. The third-order valence-electron chi connectivity index (χ3n) is 8.52. The minimum absolute atomic E-state index is 0.0628. The van der Waals surface area contributed by atoms with E-state index in [4.69, 9.17) is 0 Å². The fraction of sp³-hybridized carbons (Fsp3) is 0.394. The second-order valence-electron chi connectivity index (χ2n) is 11.2. The summed E-state index contributed by atoms with van der Waals surface area (Å²) in [4.78, 5) is 34.9. The molecule has 4 aromatic heterocycles. The molecule has 0 atom stereocenters. The maximum Gasteiger partial charge on any atom is 0.251 e. The third-order valence-corrected chi connectivity index (χ3v) is 8.52. The standard InChI is InChI=1S/C17H21N3O.C16H19N3O/c1-19-9-5-14(6-10-19)16-11-15(12-17(21)20(16)2)13-3-7-18-8-4-13;1-19-15(13-4-8-18-9-5-13)10-14(11-16(19)20)12-2-6-17-7-3-12/h3-4,7-8,11-12,14H,5-6,9-10H2,1-2H3;2-3,6-7,10-11,13,18H,4-5,8-9H2,1H3. The zero-order valence-corrected chi connectivity index (χ0v) is 24.3. The number of pyridine rings is 4. The fourth-order valence-corrected chi connectivity index (χ4v) is 5.94. The zero-order chi connectivity index (χ0) is 28.8. The SMILES string of the molecule is CN1CCC(c2cc(-c3ccncc3)cc(=O)n2C)CC1.Cn1c(C2CCNCC2)cc(-c2ccncc2)cc1=O. The van der Waals surface area contributed by atoms with Crippen molar-refractivity contribution in [2.24, 2.45) is 14.1 Å². The maximum atomic E-state index is 12.3. The average molecular weight is 553 g/mol. The van der Waals surface area contributed by atoms with Gasteiger partial charge >= 0.3 is 0 Å². The van der Waals surface area contributed by atoms with Crippen LogP contribution in [0.4, 0.5) is 0 Å². The van der Waals surface area contributed by atoms with Crippen molar-refractivity contribution in [3.63, 3.8) is 0 Å². The number of rotatable bonds is 4. The molecule has 0 amide bonds. The van der Waals surface area contributed by atoms with Gasteiger partial charge in [0, 0.05) is 74.2 Å². The van der Waals surface area contributed by atoms with Crippen molar-refractivity contribution in [1.29, 1.82) is 0 Å². The van der Waals surface area contributed by atoms with E-state index in [0.29, 0.717) is 11.8 Å². The molecule has 8 heteroatoms. The monoisotopic (exact) mass is 552 g/mol. The Balaban J connectivity index is 0.000000165. The summed E-state index contributed by atoms with van der Waals surface area (Å²) in [6, 6.07) is 15.6. The van der Waals surface area contributed by atoms with Crippen LogP contribution in [0.3, 0.4) is 0 Å². The van der Waals surface area contributed by atoms with E-state index in [0.717, 1.165) is 85.5 Å². The summed E-state index contributed by atoms with van der Waals surface area (Å²) in [5, 5.41) is 3.37. The van der Waals surface area contributed by atoms with E-state index in [1.165, 1.54) is 0 Å². The highest BCUT2D eigenvalue weighted by molar-refractivity contribution is 5.63. The molecule has 2 aliphatic heterocycles. The second-order valence-corrected chi connectivity index (χ2v) is 11.2. The van der Waals surface area contributed by atoms with Crippen LogP contribution in [-0.4, -0.2) is 57.2 Å². The normalized spacial score (nSPS) is 16.7. The van der Waals surface area contributed by atoms with Crippen LogP contribution in [0.1, 0.15) is 48.9 Å². The first-order valence-electron chi connectivity index (χ1n) is 14.5. The molecule has 2 saturated heterocycles. The molecule has 6 heterocycles. The van der Waals surface area contributed by atoms with E-state index in [1.807, 2.05) is 38.4 Å². The summed E-state index contributed by atoms with van der Waals surface area (Å²) >= 11 is 0. The molecule has 2 aliphatic rings. The lowest BCUT2D eigenvalue weighted by atomic mass is 9.91. The zero-order valence-electron chi connectivity index (χ0n) is 24.3. The molecule has 0 saturated carbocycles. The molecule has 1 N–H and O–H groups in total. The second kappa shape index (κ2) is 13.2. The van der Waals surface area contributed by atoms with Gasteiger partial charge in [-0.25, -0.2) is 0 Å². The summed E-state index contributed by atoms with van der Waals surface area (Å²) in [7, 11) is 5.91. The molecule has 0 aromatic carbocycles. The third kappa shape index (κ3) is 6.89. The molecule has 41 heavy (non-hydrogen) atoms. The van der Waals surface area contributed by atoms with E-state index in [-0.39, 0.29) is 11.1 Å². The molecule has 0 bridgehead atoms. The van der Waals surface area contributed by atoms with Crippen LogP contribution in [0.15, 0.2) is 82.9 Å². The van der Waals surface area contributed by atoms with Gasteiger partial charge in [-0.3, -0.25) is 19.6 Å². The summed E-state index contributed by atoms with van der Waals surface area (Å²) in [6.07, 6.45) is 11.5. The van der Waals surface area contributed by atoms with Crippen LogP contribution in [0.25, 0.3) is 22.3 Å². The van der Waals surface area contributed by atoms with Crippen molar-refractivity contribution in [1.82, 2.24) is 29.3 Å². The Hall–Kier alpha value is -3.88. The van der Waals surface area contributed by atoms with Crippen LogP contribution in [-0.2, 0) is 14.1 Å². The van der Waals surface area contributed by atoms with Crippen LogP contribution >= 0.6 is 0 Å². The number of piperidine rings is 2. The quantitative estimate of drug-likeness (QED) is 0.409. The Bertz CT molecular complexity index is 1550. The van der Waals surface area contributed by atoms with Gasteiger partial charge in [0.2, 0.25) is 0 Å². The fourth-order valence-electron chi connectivity index (χ4n) is 5.94. The highest BCUT2D eigenvalue weighted by atomic mass is 16.1. The number of nitrogens with one attached hydrogen (secondary N) is 1. The van der Waals surface area contributed by atoms with Crippen molar-refractivity contribution < 1.29 is 0 Å². The maximum absolute atomic E-state index is 12.3. The van der Waals surface area contributed by atoms with Gasteiger partial charge in [-0.05, 0) is 118 Å². The van der Waals surface area contributed by atoms with E-state index >= 15 is 0 Å². The number of hydrogen-bond donors (Lipinski definition) is 1. The van der Waals surface area contributed by atoms with Crippen molar-refractivity contribution in [2.75, 3.05) is 33.2 Å². The lowest BCUT2D eigenvalue weighted by molar-refractivity contribution is 0.251. The van der Waals surface area contributed by atoms with E-state index < -0.39 is 0 Å². The van der Waals surface area contributed by atoms with E-state index in [2.05, 4.69) is 39.4 Å². The van der Waals surface area contributed by atoms with Crippen molar-refractivity contribution >= 4 is 0 Å². The van der Waals surface area contributed by atoms with Gasteiger partial charge in [0.25, 0.3) is 11.1 Å². The molecule has 214 valence electrons. The highest BCUT2D eigenvalue weighted by Crippen LogP contribution is 2.29. The van der Waals surface area contributed by atoms with Gasteiger partial charge in [-0.15, -0.1) is 0 Å². The van der Waals surface area contributed by atoms with Crippen molar-refractivity contribution in [3.05, 3.63) is 105 Å². The average Bonchev–Trinajstić information content (AvgIpc) is 3.02. The first kappa shape index (κ1) is 28.6. The first-order chi connectivity index (χ1) is 19.9. The topological polar surface area (TPSA) is 85.1 Å². The van der Waals surface area contributed by atoms with Gasteiger partial charge in [0.1, 0.15) is 0 Å². The van der Waals surface area contributed by atoms with Crippen molar-refractivity contribution in [3.8, 4) is 22.3 Å². The molecular formula is C33H40N6O2. The number of aromatic nitrogens is 4. The van der Waals surface area contributed by atoms with Crippen LogP contribution in [0.2, 0.25) is 0 Å². The van der Waals surface area contributed by atoms with Crippen LogP contribution < -0.4 is 16.4 Å². The van der Waals surface area contributed by atoms with Gasteiger partial charge in [0.05, 0.1) is 0 Å². The molecule has 4 aromatic rings. The lowest BCUT2D eigenvalue weighted by Crippen LogP contribution is -2.32. The molecular weight excluding hydrogens is 512 g/mol. The minimum atomic E-state index is 0.0628. The summed E-state index contributed by atoms with van der Waals surface area (Å²) in [5.41, 5.74) is 6.52. The molecule has 0 aliphatic carbocycles. The Kier molecular flexibility index (Phi) is 9.21. The molecule has 6 rings (SSSR count). The predicted octanol–water partition coefficient (Wildman–Crippen LogP) is 4.17. The van der Waals surface area contributed by atoms with E-state index in [9.17, 15) is 9.59 Å². The molecule has 2 fully saturated rings. The van der Waals surface area contributed by atoms with Crippen LogP contribution in [0, 0.1) is 0 Å². The number of hydrogen-bond acceptors (Lipinski definition) is 6. The molecule has 8 nitrogen and oxygen atoms in total. The Labute approximate surface area is 241 Å². The first-order valence-corrected chi connectivity index (χ1v) is 14.5. The van der Waals surface area contributed by atoms with Gasteiger partial charge in [-0.1, -0.05) is 0 Å². The smallest absolute Gasteiger partial charge is 0.251 e. The molecule has 0 unspecified atom stereocenters. The summed E-state index contributed by atoms with van der Waals surface area (Å²) in [5.74, 6) is 0.941. The Morgan fingerprint density at radius 3 is 1.46 bits per heavy atom. The molecule has 0 spiro atoms. The number of likely N-dealkylation sites (tertiary alicyclic amines) is 1. The highest BCUT2D eigenvalue weighted by Gasteiger charge is 2.22. The lowest BCUT2D eigenvalue weighted by Gasteiger charge is -2.30. The summed E-state index contributed by atoms with van der Waals surface area (Å²) < 4.78 is 3.60. The van der Waals surface area contributed by atoms with Gasteiger partial charge in [0.15, 0.2) is 0 Å². The predicted molar refractivity (Wildman–Crippen MR) is 164 cm³/mol. The Morgan fingerprint density at radius 2 is 1.02 bits per heavy atom. The minimum Gasteiger partial charge on any atom is -0.317 e. The van der Waals surface area contributed by atoms with Crippen LogP contribution in [0.5, 0.6) is 0 Å².